The lowest BCUT2D eigenvalue weighted by Gasteiger charge is -2.22. The van der Waals surface area contributed by atoms with Gasteiger partial charge >= 0.3 is 7.60 Å². The van der Waals surface area contributed by atoms with Crippen molar-refractivity contribution in [3.8, 4) is 0 Å². The maximum atomic E-state index is 12.3. The Kier molecular flexibility index (Phi) is 5.79. The van der Waals surface area contributed by atoms with E-state index in [1.54, 1.807) is 0 Å². The molecule has 0 aromatic heterocycles. The second-order valence-electron chi connectivity index (χ2n) is 3.32. The molecular formula is C9H18BrO4P. The van der Waals surface area contributed by atoms with Gasteiger partial charge in [0.1, 0.15) is 0 Å². The standard InChI is InChI=1S/C9H18BrO4P/c1-3-12-15(11,13-4-2)9-6-5-8(7-10)14-9/h8-9H,3-7H2,1-2H3/t8-,9-/m1/s1. The van der Waals surface area contributed by atoms with Crippen LogP contribution in [0.15, 0.2) is 0 Å². The summed E-state index contributed by atoms with van der Waals surface area (Å²) < 4.78 is 28.4. The van der Waals surface area contributed by atoms with E-state index >= 15 is 0 Å². The van der Waals surface area contributed by atoms with Gasteiger partial charge in [-0.2, -0.15) is 0 Å². The molecule has 1 rings (SSSR count). The van der Waals surface area contributed by atoms with Gasteiger partial charge in [-0.05, 0) is 26.7 Å². The van der Waals surface area contributed by atoms with Crippen molar-refractivity contribution in [2.45, 2.75) is 38.6 Å². The third-order valence-electron chi connectivity index (χ3n) is 2.23. The molecule has 1 aliphatic rings. The molecule has 1 saturated heterocycles. The average Bonchev–Trinajstić information content (AvgIpc) is 2.67. The van der Waals surface area contributed by atoms with Crippen molar-refractivity contribution in [2.24, 2.45) is 0 Å². The van der Waals surface area contributed by atoms with E-state index in [9.17, 15) is 4.57 Å². The smallest absolute Gasteiger partial charge is 0.359 e. The molecule has 1 fully saturated rings. The molecule has 4 nitrogen and oxygen atoms in total. The predicted octanol–water partition coefficient (Wildman–Crippen LogP) is 3.15. The first kappa shape index (κ1) is 13.7. The van der Waals surface area contributed by atoms with Crippen molar-refractivity contribution in [2.75, 3.05) is 18.5 Å². The molecule has 1 heterocycles. The van der Waals surface area contributed by atoms with Gasteiger partial charge in [0, 0.05) is 5.33 Å². The summed E-state index contributed by atoms with van der Waals surface area (Å²) in [5.74, 6) is -0.389. The highest BCUT2D eigenvalue weighted by molar-refractivity contribution is 9.09. The van der Waals surface area contributed by atoms with Crippen LogP contribution in [0.25, 0.3) is 0 Å². The van der Waals surface area contributed by atoms with Gasteiger partial charge in [-0.3, -0.25) is 4.57 Å². The molecule has 90 valence electrons. The van der Waals surface area contributed by atoms with Crippen LogP contribution in [-0.2, 0) is 18.3 Å². The first-order valence-corrected chi connectivity index (χ1v) is 7.99. The fraction of sp³-hybridized carbons (Fsp3) is 1.00. The van der Waals surface area contributed by atoms with Gasteiger partial charge in [0.25, 0.3) is 0 Å². The molecule has 0 aliphatic carbocycles. The fourth-order valence-electron chi connectivity index (χ4n) is 1.60. The summed E-state index contributed by atoms with van der Waals surface area (Å²) >= 11 is 3.35. The first-order valence-electron chi connectivity index (χ1n) is 5.26. The second kappa shape index (κ2) is 6.36. The van der Waals surface area contributed by atoms with Crippen LogP contribution >= 0.6 is 23.5 Å². The zero-order chi connectivity index (χ0) is 11.3. The Morgan fingerprint density at radius 3 is 2.33 bits per heavy atom. The van der Waals surface area contributed by atoms with Gasteiger partial charge in [-0.25, -0.2) is 0 Å². The van der Waals surface area contributed by atoms with E-state index in [-0.39, 0.29) is 11.9 Å². The Balaban J connectivity index is 2.61. The lowest BCUT2D eigenvalue weighted by Crippen LogP contribution is -2.15. The summed E-state index contributed by atoms with van der Waals surface area (Å²) in [5, 5.41) is 0.766. The van der Waals surface area contributed by atoms with Crippen LogP contribution in [0.2, 0.25) is 0 Å². The van der Waals surface area contributed by atoms with Crippen molar-refractivity contribution in [3.05, 3.63) is 0 Å². The number of ether oxygens (including phenoxy) is 1. The van der Waals surface area contributed by atoms with E-state index in [0.29, 0.717) is 13.2 Å². The minimum absolute atomic E-state index is 0.129. The monoisotopic (exact) mass is 300 g/mol. The number of hydrogen-bond acceptors (Lipinski definition) is 4. The Hall–Kier alpha value is 0.590. The Labute approximate surface area is 99.3 Å². The molecule has 0 aromatic rings. The Bertz CT molecular complexity index is 226. The highest BCUT2D eigenvalue weighted by atomic mass is 79.9. The molecule has 2 atom stereocenters. The molecule has 1 aliphatic heterocycles. The zero-order valence-corrected chi connectivity index (χ0v) is 11.6. The van der Waals surface area contributed by atoms with Crippen LogP contribution in [0.3, 0.4) is 0 Å². The van der Waals surface area contributed by atoms with Crippen molar-refractivity contribution in [1.29, 1.82) is 0 Å². The van der Waals surface area contributed by atoms with Gasteiger partial charge < -0.3 is 13.8 Å². The molecule has 0 bridgehead atoms. The molecule has 0 radical (unpaired) electrons. The van der Waals surface area contributed by atoms with Crippen LogP contribution in [-0.4, -0.2) is 30.5 Å². The van der Waals surface area contributed by atoms with Crippen molar-refractivity contribution < 1.29 is 18.3 Å². The van der Waals surface area contributed by atoms with E-state index in [4.69, 9.17) is 13.8 Å². The van der Waals surface area contributed by atoms with Crippen LogP contribution in [0.4, 0.5) is 0 Å². The van der Waals surface area contributed by atoms with Crippen LogP contribution in [0, 0.1) is 0 Å². The fourth-order valence-corrected chi connectivity index (χ4v) is 3.99. The summed E-state index contributed by atoms with van der Waals surface area (Å²) in [4.78, 5) is 0. The number of rotatable bonds is 6. The highest BCUT2D eigenvalue weighted by Gasteiger charge is 2.41. The van der Waals surface area contributed by atoms with E-state index in [1.165, 1.54) is 0 Å². The zero-order valence-electron chi connectivity index (χ0n) is 9.15. The molecule has 0 N–H and O–H groups in total. The van der Waals surface area contributed by atoms with Crippen molar-refractivity contribution in [1.82, 2.24) is 0 Å². The largest absolute Gasteiger partial charge is 0.361 e. The summed E-state index contributed by atoms with van der Waals surface area (Å²) in [6.45, 7) is 4.39. The topological polar surface area (TPSA) is 44.8 Å². The molecular weight excluding hydrogens is 283 g/mol. The van der Waals surface area contributed by atoms with Crippen LogP contribution in [0.5, 0.6) is 0 Å². The second-order valence-corrected chi connectivity index (χ2v) is 6.14. The lowest BCUT2D eigenvalue weighted by molar-refractivity contribution is 0.0731. The SMILES string of the molecule is CCOP(=O)(OCC)[C@@H]1CC[C@H](CBr)O1. The van der Waals surface area contributed by atoms with Gasteiger partial charge in [0.2, 0.25) is 0 Å². The van der Waals surface area contributed by atoms with E-state index in [1.807, 2.05) is 13.8 Å². The molecule has 6 heteroatoms. The van der Waals surface area contributed by atoms with Gasteiger partial charge in [0.15, 0.2) is 5.85 Å². The molecule has 0 aromatic carbocycles. The van der Waals surface area contributed by atoms with Gasteiger partial charge in [0.05, 0.1) is 19.3 Å². The summed E-state index contributed by atoms with van der Waals surface area (Å²) in [6.07, 6.45) is 1.78. The molecule has 0 amide bonds. The Morgan fingerprint density at radius 2 is 1.93 bits per heavy atom. The number of alkyl halides is 1. The molecule has 0 spiro atoms. The number of halogens is 1. The molecule has 0 unspecified atom stereocenters. The summed E-state index contributed by atoms with van der Waals surface area (Å²) in [7, 11) is -3.06. The van der Waals surface area contributed by atoms with E-state index < -0.39 is 7.60 Å². The van der Waals surface area contributed by atoms with Gasteiger partial charge in [-0.15, -0.1) is 0 Å². The van der Waals surface area contributed by atoms with Crippen LogP contribution < -0.4 is 0 Å². The normalized spacial score (nSPS) is 27.1. The first-order chi connectivity index (χ1) is 7.16. The third kappa shape index (κ3) is 3.53. The summed E-state index contributed by atoms with van der Waals surface area (Å²) in [5.41, 5.74) is 0. The number of hydrogen-bond donors (Lipinski definition) is 0. The van der Waals surface area contributed by atoms with Gasteiger partial charge in [-0.1, -0.05) is 15.9 Å². The maximum Gasteiger partial charge on any atom is 0.359 e. The molecule has 15 heavy (non-hydrogen) atoms. The lowest BCUT2D eigenvalue weighted by atomic mass is 10.3. The highest BCUT2D eigenvalue weighted by Crippen LogP contribution is 2.57. The Morgan fingerprint density at radius 1 is 1.33 bits per heavy atom. The third-order valence-corrected chi connectivity index (χ3v) is 5.27. The van der Waals surface area contributed by atoms with E-state index in [2.05, 4.69) is 15.9 Å². The quantitative estimate of drug-likeness (QED) is 0.558. The van der Waals surface area contributed by atoms with Crippen molar-refractivity contribution in [3.63, 3.8) is 0 Å². The maximum absolute atomic E-state index is 12.3. The minimum atomic E-state index is -3.06. The van der Waals surface area contributed by atoms with Crippen LogP contribution in [0.1, 0.15) is 26.7 Å². The summed E-state index contributed by atoms with van der Waals surface area (Å²) in [6, 6.07) is 0. The van der Waals surface area contributed by atoms with Crippen molar-refractivity contribution >= 4 is 23.5 Å². The predicted molar refractivity (Wildman–Crippen MR) is 62.5 cm³/mol. The average molecular weight is 301 g/mol. The van der Waals surface area contributed by atoms with E-state index in [0.717, 1.165) is 18.2 Å². The minimum Gasteiger partial charge on any atom is -0.361 e. The molecule has 0 saturated carbocycles.